The molecule has 6 fully saturated rings. The fourth-order valence-electron chi connectivity index (χ4n) is 12.4. The number of Topliss-reactive ketones (excluding diaryl/α,β-unsaturated/α-hetero) is 2. The average molecular weight is 743 g/mol. The first-order valence-corrected chi connectivity index (χ1v) is 18.6. The number of esters is 4. The minimum absolute atomic E-state index is 0.0554. The maximum absolute atomic E-state index is 15.8. The van der Waals surface area contributed by atoms with Crippen molar-refractivity contribution in [2.45, 2.75) is 130 Å². The zero-order valence-corrected chi connectivity index (χ0v) is 31.7. The van der Waals surface area contributed by atoms with Crippen LogP contribution in [0.15, 0.2) is 23.0 Å². The van der Waals surface area contributed by atoms with E-state index in [1.165, 1.54) is 34.0 Å². The van der Waals surface area contributed by atoms with Gasteiger partial charge in [0.1, 0.15) is 23.6 Å². The molecule has 0 amide bonds. The summed E-state index contributed by atoms with van der Waals surface area (Å²) in [5.74, 6) is -8.32. The SMILES string of the molecule is CCC(C)C(=O)OC1OCC23C(OC(C)=O)C(C(C)=O)C(OC(C)=O)C1(C)C2CC(O)C1(C)C3C(=O)C(OC(C)=O)C2(C)C(c3ccoc3)CC3OC321. The molecule has 14 heteroatoms. The Morgan fingerprint density at radius 1 is 0.925 bits per heavy atom. The van der Waals surface area contributed by atoms with E-state index in [2.05, 4.69) is 0 Å². The maximum Gasteiger partial charge on any atom is 0.310 e. The van der Waals surface area contributed by atoms with Gasteiger partial charge < -0.3 is 37.9 Å². The number of furan rings is 1. The summed E-state index contributed by atoms with van der Waals surface area (Å²) < 4.78 is 43.0. The number of epoxide rings is 1. The molecule has 290 valence electrons. The van der Waals surface area contributed by atoms with Gasteiger partial charge in [-0.05, 0) is 50.7 Å². The molecular weight excluding hydrogens is 692 g/mol. The summed E-state index contributed by atoms with van der Waals surface area (Å²) >= 11 is 0. The number of ketones is 2. The molecule has 0 radical (unpaired) electrons. The lowest BCUT2D eigenvalue weighted by Crippen LogP contribution is -2.84. The van der Waals surface area contributed by atoms with E-state index in [0.717, 1.165) is 5.56 Å². The molecule has 7 rings (SSSR count). The topological polar surface area (TPSA) is 194 Å². The van der Waals surface area contributed by atoms with Crippen molar-refractivity contribution in [3.63, 3.8) is 0 Å². The normalized spacial score (nSPS) is 46.7. The van der Waals surface area contributed by atoms with Crippen LogP contribution in [0.3, 0.4) is 0 Å². The van der Waals surface area contributed by atoms with E-state index in [1.807, 2.05) is 13.8 Å². The Labute approximate surface area is 307 Å². The highest BCUT2D eigenvalue weighted by Crippen LogP contribution is 2.83. The Morgan fingerprint density at radius 3 is 2.13 bits per heavy atom. The summed E-state index contributed by atoms with van der Waals surface area (Å²) in [6.45, 7) is 13.4. The molecule has 53 heavy (non-hydrogen) atoms. The Kier molecular flexibility index (Phi) is 8.67. The summed E-state index contributed by atoms with van der Waals surface area (Å²) in [6.07, 6.45) is -3.37. The lowest BCUT2D eigenvalue weighted by atomic mass is 9.32. The summed E-state index contributed by atoms with van der Waals surface area (Å²) in [4.78, 5) is 82.1. The Balaban J connectivity index is 1.50. The van der Waals surface area contributed by atoms with E-state index < -0.39 is 123 Å². The third kappa shape index (κ3) is 4.60. The van der Waals surface area contributed by atoms with Gasteiger partial charge in [0.15, 0.2) is 11.9 Å². The largest absolute Gasteiger partial charge is 0.472 e. The first-order valence-electron chi connectivity index (χ1n) is 18.6. The molecule has 1 spiro atoms. The Hall–Kier alpha value is -3.62. The summed E-state index contributed by atoms with van der Waals surface area (Å²) in [5.41, 5.74) is -6.23. The predicted octanol–water partition coefficient (Wildman–Crippen LogP) is 3.45. The molecule has 6 aliphatic rings. The zero-order chi connectivity index (χ0) is 38.8. The second-order valence-corrected chi connectivity index (χ2v) is 16.9. The van der Waals surface area contributed by atoms with Gasteiger partial charge in [0.25, 0.3) is 0 Å². The summed E-state index contributed by atoms with van der Waals surface area (Å²) in [5, 5.41) is 12.7. The van der Waals surface area contributed by atoms with Crippen LogP contribution in [0, 0.1) is 45.3 Å². The Morgan fingerprint density at radius 2 is 1.57 bits per heavy atom. The van der Waals surface area contributed by atoms with Crippen molar-refractivity contribution in [2.75, 3.05) is 6.61 Å². The van der Waals surface area contributed by atoms with Crippen LogP contribution in [0.2, 0.25) is 0 Å². The van der Waals surface area contributed by atoms with Crippen LogP contribution in [0.5, 0.6) is 0 Å². The number of ether oxygens (including phenoxy) is 6. The van der Waals surface area contributed by atoms with Crippen LogP contribution in [-0.4, -0.2) is 89.6 Å². The van der Waals surface area contributed by atoms with Crippen LogP contribution in [0.1, 0.15) is 93.1 Å². The number of hydrogen-bond acceptors (Lipinski definition) is 14. The third-order valence-electron chi connectivity index (χ3n) is 14.6. The summed E-state index contributed by atoms with van der Waals surface area (Å²) in [6, 6.07) is 1.80. The van der Waals surface area contributed by atoms with E-state index in [0.29, 0.717) is 12.8 Å². The molecule has 2 aliphatic heterocycles. The molecule has 1 aromatic heterocycles. The van der Waals surface area contributed by atoms with E-state index in [1.54, 1.807) is 33.1 Å². The minimum atomic E-state index is -1.60. The molecule has 14 nitrogen and oxygen atoms in total. The van der Waals surface area contributed by atoms with Crippen LogP contribution in [0.4, 0.5) is 0 Å². The van der Waals surface area contributed by atoms with Crippen molar-refractivity contribution in [2.24, 2.45) is 45.3 Å². The number of rotatable bonds is 8. The number of fused-ring (bicyclic) bond motifs is 1. The molecule has 2 bridgehead atoms. The molecule has 16 unspecified atom stereocenters. The highest BCUT2D eigenvalue weighted by Gasteiger charge is 2.93. The second kappa shape index (κ2) is 12.2. The van der Waals surface area contributed by atoms with Gasteiger partial charge in [0.05, 0.1) is 54.0 Å². The standard InChI is InChI=1S/C39H50O14/c1-10-17(2)33(46)52-34-35(7)24-14-25(44)37(9)29(38(24,16-48-34)31(50-20(5)42)27(18(3)40)30(35)49-19(4)41)28(45)32(51-21(6)43)36(8)23(22-11-12-47-15-22)13-26-39(36,37)53-26/h11-12,15,17,23-27,29-32,34,44H,10,13-14,16H2,1-9H3. The molecule has 1 aromatic rings. The van der Waals surface area contributed by atoms with Crippen molar-refractivity contribution in [1.82, 2.24) is 0 Å². The van der Waals surface area contributed by atoms with Crippen molar-refractivity contribution >= 4 is 35.4 Å². The summed E-state index contributed by atoms with van der Waals surface area (Å²) in [7, 11) is 0. The fraction of sp³-hybridized carbons (Fsp3) is 0.744. The second-order valence-electron chi connectivity index (χ2n) is 16.9. The van der Waals surface area contributed by atoms with Crippen molar-refractivity contribution in [1.29, 1.82) is 0 Å². The zero-order valence-electron chi connectivity index (χ0n) is 31.7. The van der Waals surface area contributed by atoms with E-state index in [4.69, 9.17) is 32.8 Å². The van der Waals surface area contributed by atoms with Crippen molar-refractivity contribution in [3.05, 3.63) is 24.2 Å². The fourth-order valence-corrected chi connectivity index (χ4v) is 12.4. The molecular formula is C39H50O14. The minimum Gasteiger partial charge on any atom is -0.472 e. The van der Waals surface area contributed by atoms with Gasteiger partial charge in [0, 0.05) is 43.4 Å². The molecule has 1 N–H and O–H groups in total. The monoisotopic (exact) mass is 742 g/mol. The van der Waals surface area contributed by atoms with Crippen LogP contribution >= 0.6 is 0 Å². The first kappa shape index (κ1) is 37.7. The number of carbonyl (C=O) groups is 6. The number of hydrogen-bond donors (Lipinski definition) is 1. The number of carbonyl (C=O) groups excluding carboxylic acids is 6. The first-order chi connectivity index (χ1) is 24.8. The van der Waals surface area contributed by atoms with Crippen LogP contribution < -0.4 is 0 Å². The van der Waals surface area contributed by atoms with E-state index in [-0.39, 0.29) is 18.9 Å². The highest BCUT2D eigenvalue weighted by molar-refractivity contribution is 5.93. The van der Waals surface area contributed by atoms with Gasteiger partial charge in [-0.25, -0.2) is 0 Å². The quantitative estimate of drug-likeness (QED) is 0.231. The lowest BCUT2D eigenvalue weighted by molar-refractivity contribution is -0.382. The number of aliphatic hydroxyl groups is 1. The van der Waals surface area contributed by atoms with Gasteiger partial charge >= 0.3 is 23.9 Å². The Bertz CT molecular complexity index is 1740. The average Bonchev–Trinajstić information content (AvgIpc) is 3.43. The van der Waals surface area contributed by atoms with Gasteiger partial charge in [-0.1, -0.05) is 27.7 Å². The predicted molar refractivity (Wildman–Crippen MR) is 179 cm³/mol. The van der Waals surface area contributed by atoms with Crippen LogP contribution in [0.25, 0.3) is 0 Å². The maximum atomic E-state index is 15.8. The van der Waals surface area contributed by atoms with Gasteiger partial charge in [-0.3, -0.25) is 28.8 Å². The number of aliphatic hydroxyl groups excluding tert-OH is 1. The highest BCUT2D eigenvalue weighted by atomic mass is 16.7. The molecule has 0 aromatic carbocycles. The van der Waals surface area contributed by atoms with E-state index >= 15 is 4.79 Å². The smallest absolute Gasteiger partial charge is 0.310 e. The molecule has 4 aliphatic carbocycles. The lowest BCUT2D eigenvalue weighted by Gasteiger charge is -2.74. The molecule has 3 heterocycles. The van der Waals surface area contributed by atoms with Crippen LogP contribution in [-0.2, 0) is 57.2 Å². The molecule has 2 saturated heterocycles. The molecule has 16 atom stereocenters. The van der Waals surface area contributed by atoms with E-state index in [9.17, 15) is 29.1 Å². The van der Waals surface area contributed by atoms with Gasteiger partial charge in [-0.15, -0.1) is 0 Å². The third-order valence-corrected chi connectivity index (χ3v) is 14.6. The van der Waals surface area contributed by atoms with Gasteiger partial charge in [-0.2, -0.15) is 0 Å². The molecule has 4 saturated carbocycles. The van der Waals surface area contributed by atoms with Crippen molar-refractivity contribution in [3.8, 4) is 0 Å². The van der Waals surface area contributed by atoms with Crippen molar-refractivity contribution < 1.29 is 66.7 Å². The van der Waals surface area contributed by atoms with Gasteiger partial charge in [0.2, 0.25) is 6.29 Å².